The highest BCUT2D eigenvalue weighted by Crippen LogP contribution is 2.21. The molecule has 0 fully saturated rings. The SMILES string of the molecule is C=CC(=O)OC(C)(OC(=O)C=C)C(N)Cc1ccccc1.Cl. The zero-order valence-electron chi connectivity index (χ0n) is 12.4. The third kappa shape index (κ3) is 5.71. The van der Waals surface area contributed by atoms with E-state index in [1.807, 2.05) is 30.3 Å². The number of nitrogens with two attached hydrogens (primary N) is 1. The van der Waals surface area contributed by atoms with Gasteiger partial charge in [-0.05, 0) is 12.0 Å². The van der Waals surface area contributed by atoms with Crippen LogP contribution in [-0.2, 0) is 25.5 Å². The van der Waals surface area contributed by atoms with Gasteiger partial charge in [-0.25, -0.2) is 9.59 Å². The molecule has 5 nitrogen and oxygen atoms in total. The Bertz CT molecular complexity index is 508. The Morgan fingerprint density at radius 2 is 1.64 bits per heavy atom. The maximum atomic E-state index is 11.4. The van der Waals surface area contributed by atoms with E-state index in [9.17, 15) is 9.59 Å². The van der Waals surface area contributed by atoms with E-state index in [0.717, 1.165) is 17.7 Å². The number of hydrogen-bond acceptors (Lipinski definition) is 5. The third-order valence-corrected chi connectivity index (χ3v) is 2.91. The average Bonchev–Trinajstić information content (AvgIpc) is 2.47. The Hall–Kier alpha value is -2.11. The van der Waals surface area contributed by atoms with Crippen molar-refractivity contribution in [2.75, 3.05) is 0 Å². The molecule has 0 saturated carbocycles. The summed E-state index contributed by atoms with van der Waals surface area (Å²) in [6.07, 6.45) is 2.33. The average molecular weight is 326 g/mol. The van der Waals surface area contributed by atoms with Crippen molar-refractivity contribution in [1.82, 2.24) is 0 Å². The van der Waals surface area contributed by atoms with E-state index in [1.54, 1.807) is 0 Å². The summed E-state index contributed by atoms with van der Waals surface area (Å²) >= 11 is 0. The van der Waals surface area contributed by atoms with Gasteiger partial charge in [0.1, 0.15) is 0 Å². The lowest BCUT2D eigenvalue weighted by molar-refractivity contribution is -0.222. The molecule has 1 aromatic rings. The molecular formula is C16H20ClNO4. The molecule has 120 valence electrons. The third-order valence-electron chi connectivity index (χ3n) is 2.91. The predicted molar refractivity (Wildman–Crippen MR) is 86.4 cm³/mol. The molecule has 1 rings (SSSR count). The number of ether oxygens (including phenoxy) is 2. The van der Waals surface area contributed by atoms with Crippen LogP contribution in [0.4, 0.5) is 0 Å². The molecule has 0 saturated heterocycles. The van der Waals surface area contributed by atoms with Crippen LogP contribution in [-0.4, -0.2) is 23.8 Å². The molecule has 6 heteroatoms. The van der Waals surface area contributed by atoms with E-state index in [-0.39, 0.29) is 12.4 Å². The molecule has 0 spiro atoms. The lowest BCUT2D eigenvalue weighted by atomic mass is 10.00. The van der Waals surface area contributed by atoms with Gasteiger partial charge in [-0.3, -0.25) is 0 Å². The highest BCUT2D eigenvalue weighted by atomic mass is 35.5. The second-order valence-electron chi connectivity index (χ2n) is 4.56. The van der Waals surface area contributed by atoms with Gasteiger partial charge < -0.3 is 15.2 Å². The summed E-state index contributed by atoms with van der Waals surface area (Å²) in [5, 5.41) is 0. The summed E-state index contributed by atoms with van der Waals surface area (Å²) in [5.74, 6) is -3.05. The molecule has 1 aromatic carbocycles. The first kappa shape index (κ1) is 19.9. The maximum absolute atomic E-state index is 11.4. The molecule has 22 heavy (non-hydrogen) atoms. The van der Waals surface area contributed by atoms with Crippen molar-refractivity contribution in [1.29, 1.82) is 0 Å². The van der Waals surface area contributed by atoms with Crippen LogP contribution in [0.25, 0.3) is 0 Å². The van der Waals surface area contributed by atoms with Crippen molar-refractivity contribution < 1.29 is 19.1 Å². The number of esters is 2. The van der Waals surface area contributed by atoms with Crippen molar-refractivity contribution in [2.24, 2.45) is 5.73 Å². The second kappa shape index (κ2) is 9.02. The molecule has 0 bridgehead atoms. The number of hydrogen-bond donors (Lipinski definition) is 1. The summed E-state index contributed by atoms with van der Waals surface area (Å²) in [4.78, 5) is 22.9. The number of rotatable bonds is 7. The zero-order chi connectivity index (χ0) is 15.9. The minimum Gasteiger partial charge on any atom is -0.418 e. The summed E-state index contributed by atoms with van der Waals surface area (Å²) in [5.41, 5.74) is 7.00. The molecule has 1 unspecified atom stereocenters. The quantitative estimate of drug-likeness (QED) is 0.472. The largest absolute Gasteiger partial charge is 0.418 e. The van der Waals surface area contributed by atoms with Crippen LogP contribution < -0.4 is 5.73 Å². The second-order valence-corrected chi connectivity index (χ2v) is 4.56. The zero-order valence-corrected chi connectivity index (χ0v) is 13.2. The van der Waals surface area contributed by atoms with E-state index in [0.29, 0.717) is 6.42 Å². The van der Waals surface area contributed by atoms with E-state index in [4.69, 9.17) is 15.2 Å². The Morgan fingerprint density at radius 1 is 1.18 bits per heavy atom. The summed E-state index contributed by atoms with van der Waals surface area (Å²) in [7, 11) is 0. The first-order valence-electron chi connectivity index (χ1n) is 6.41. The molecule has 0 aliphatic rings. The van der Waals surface area contributed by atoms with E-state index in [2.05, 4.69) is 13.2 Å². The molecular weight excluding hydrogens is 306 g/mol. The summed E-state index contributed by atoms with van der Waals surface area (Å²) in [6.45, 7) is 8.06. The lowest BCUT2D eigenvalue weighted by Crippen LogP contribution is -2.53. The van der Waals surface area contributed by atoms with E-state index < -0.39 is 23.8 Å². The minimum atomic E-state index is -1.60. The fraction of sp³-hybridized carbons (Fsp3) is 0.250. The smallest absolute Gasteiger partial charge is 0.333 e. The maximum Gasteiger partial charge on any atom is 0.333 e. The highest BCUT2D eigenvalue weighted by molar-refractivity contribution is 5.85. The van der Waals surface area contributed by atoms with Crippen molar-refractivity contribution in [2.45, 2.75) is 25.2 Å². The van der Waals surface area contributed by atoms with Crippen LogP contribution in [0.2, 0.25) is 0 Å². The molecule has 0 heterocycles. The van der Waals surface area contributed by atoms with Crippen LogP contribution in [0.5, 0.6) is 0 Å². The number of carbonyl (C=O) groups excluding carboxylic acids is 2. The Kier molecular flexibility index (Phi) is 8.15. The monoisotopic (exact) mass is 325 g/mol. The minimum absolute atomic E-state index is 0. The molecule has 0 aliphatic carbocycles. The van der Waals surface area contributed by atoms with Crippen LogP contribution in [0.1, 0.15) is 12.5 Å². The first-order valence-corrected chi connectivity index (χ1v) is 6.41. The predicted octanol–water partition coefficient (Wildman–Crippen LogP) is 2.15. The fourth-order valence-corrected chi connectivity index (χ4v) is 1.71. The van der Waals surface area contributed by atoms with E-state index in [1.165, 1.54) is 6.92 Å². The van der Waals surface area contributed by atoms with Crippen LogP contribution in [0.3, 0.4) is 0 Å². The Balaban J connectivity index is 0.00000441. The number of benzene rings is 1. The Labute approximate surface area is 136 Å². The van der Waals surface area contributed by atoms with Gasteiger partial charge >= 0.3 is 11.9 Å². The molecule has 0 aromatic heterocycles. The van der Waals surface area contributed by atoms with Crippen molar-refractivity contribution in [3.63, 3.8) is 0 Å². The van der Waals surface area contributed by atoms with Gasteiger partial charge in [-0.1, -0.05) is 43.5 Å². The first-order chi connectivity index (χ1) is 9.91. The summed E-state index contributed by atoms with van der Waals surface area (Å²) in [6, 6.07) is 8.63. The topological polar surface area (TPSA) is 78.6 Å². The van der Waals surface area contributed by atoms with Gasteiger partial charge in [0.15, 0.2) is 0 Å². The van der Waals surface area contributed by atoms with Crippen molar-refractivity contribution in [3.05, 3.63) is 61.2 Å². The van der Waals surface area contributed by atoms with Crippen LogP contribution >= 0.6 is 12.4 Å². The number of halogens is 1. The van der Waals surface area contributed by atoms with Crippen LogP contribution in [0, 0.1) is 0 Å². The number of carbonyl (C=O) groups is 2. The van der Waals surface area contributed by atoms with Gasteiger partial charge in [0.2, 0.25) is 0 Å². The van der Waals surface area contributed by atoms with Crippen molar-refractivity contribution in [3.8, 4) is 0 Å². The van der Waals surface area contributed by atoms with E-state index >= 15 is 0 Å². The standard InChI is InChI=1S/C16H19NO4.ClH/c1-4-14(18)20-16(3,21-15(19)5-2)13(17)11-12-9-7-6-8-10-12;/h4-10,13H,1-2,11,17H2,3H3;1H. The van der Waals surface area contributed by atoms with Gasteiger partial charge in [-0.2, -0.15) is 0 Å². The fourth-order valence-electron chi connectivity index (χ4n) is 1.71. The van der Waals surface area contributed by atoms with Crippen molar-refractivity contribution >= 4 is 24.3 Å². The van der Waals surface area contributed by atoms with Gasteiger partial charge in [0.05, 0.1) is 6.04 Å². The molecule has 0 radical (unpaired) electrons. The molecule has 0 amide bonds. The molecule has 1 atom stereocenters. The van der Waals surface area contributed by atoms with Gasteiger partial charge in [0.25, 0.3) is 5.79 Å². The van der Waals surface area contributed by atoms with Crippen LogP contribution in [0.15, 0.2) is 55.6 Å². The van der Waals surface area contributed by atoms with Gasteiger partial charge in [-0.15, -0.1) is 12.4 Å². The molecule has 0 aliphatic heterocycles. The lowest BCUT2D eigenvalue weighted by Gasteiger charge is -2.33. The normalized spacial score (nSPS) is 11.5. The Morgan fingerprint density at radius 3 is 2.05 bits per heavy atom. The molecule has 2 N–H and O–H groups in total. The summed E-state index contributed by atoms with van der Waals surface area (Å²) < 4.78 is 10.2. The highest BCUT2D eigenvalue weighted by Gasteiger charge is 2.39. The van der Waals surface area contributed by atoms with Gasteiger partial charge in [0, 0.05) is 19.1 Å².